The number of aromatic carboxylic acids is 1. The lowest BCUT2D eigenvalue weighted by Crippen LogP contribution is -2.25. The van der Waals surface area contributed by atoms with Crippen molar-refractivity contribution in [3.05, 3.63) is 58.7 Å². The molecule has 1 N–H and O–H groups in total. The van der Waals surface area contributed by atoms with Gasteiger partial charge in [-0.05, 0) is 91.5 Å². The van der Waals surface area contributed by atoms with E-state index in [1.54, 1.807) is 6.07 Å². The van der Waals surface area contributed by atoms with Crippen molar-refractivity contribution in [2.24, 2.45) is 17.8 Å². The van der Waals surface area contributed by atoms with Gasteiger partial charge in [0.05, 0.1) is 5.56 Å². The van der Waals surface area contributed by atoms with Gasteiger partial charge in [-0.2, -0.15) is 0 Å². The molecule has 0 heterocycles. The van der Waals surface area contributed by atoms with Crippen molar-refractivity contribution < 1.29 is 27.5 Å². The van der Waals surface area contributed by atoms with Gasteiger partial charge in [-0.25, -0.2) is 22.4 Å². The van der Waals surface area contributed by atoms with Gasteiger partial charge in [-0.15, -0.1) is 0 Å². The molecule has 202 valence electrons. The third kappa shape index (κ3) is 6.38. The largest absolute Gasteiger partial charge is 0.478 e. The van der Waals surface area contributed by atoms with Gasteiger partial charge < -0.3 is 5.11 Å². The van der Waals surface area contributed by atoms with Gasteiger partial charge in [-0.3, -0.25) is 0 Å². The lowest BCUT2D eigenvalue weighted by molar-refractivity contribution is 0.0692. The molecule has 2 aromatic rings. The summed E-state index contributed by atoms with van der Waals surface area (Å²) in [5.41, 5.74) is -0.331. The zero-order valence-electron chi connectivity index (χ0n) is 21.7. The van der Waals surface area contributed by atoms with Crippen LogP contribution in [0.3, 0.4) is 0 Å². The van der Waals surface area contributed by atoms with Crippen LogP contribution in [0.1, 0.15) is 112 Å². The first-order chi connectivity index (χ1) is 17.8. The molecule has 0 radical (unpaired) electrons. The van der Waals surface area contributed by atoms with Crippen molar-refractivity contribution in [2.75, 3.05) is 0 Å². The van der Waals surface area contributed by atoms with Crippen molar-refractivity contribution in [1.82, 2.24) is 0 Å². The van der Waals surface area contributed by atoms with E-state index >= 15 is 4.39 Å². The van der Waals surface area contributed by atoms with Crippen molar-refractivity contribution in [2.45, 2.75) is 96.3 Å². The minimum absolute atomic E-state index is 0.0466. The van der Waals surface area contributed by atoms with Crippen LogP contribution in [0.15, 0.2) is 24.3 Å². The Morgan fingerprint density at radius 2 is 1.41 bits per heavy atom. The first-order valence-corrected chi connectivity index (χ1v) is 14.0. The molecule has 0 unspecified atom stereocenters. The Kier molecular flexibility index (Phi) is 9.31. The molecule has 0 saturated heterocycles. The van der Waals surface area contributed by atoms with Crippen molar-refractivity contribution in [3.63, 3.8) is 0 Å². The summed E-state index contributed by atoms with van der Waals surface area (Å²) >= 11 is 0. The zero-order valence-corrected chi connectivity index (χ0v) is 21.7. The van der Waals surface area contributed by atoms with E-state index in [0.717, 1.165) is 49.7 Å². The van der Waals surface area contributed by atoms with Crippen LogP contribution < -0.4 is 0 Å². The van der Waals surface area contributed by atoms with Crippen LogP contribution >= 0.6 is 0 Å². The SMILES string of the molecule is CCCCCC[C@H]1CC[C@H](C2CCC(c3ccc(C(=O)O)c(F)c3-c3cc(F)c(F)c(F)c3)CC2)CC1. The van der Waals surface area contributed by atoms with Crippen LogP contribution in [0.5, 0.6) is 0 Å². The van der Waals surface area contributed by atoms with Gasteiger partial charge in [0.25, 0.3) is 0 Å². The molecule has 2 fully saturated rings. The van der Waals surface area contributed by atoms with E-state index in [9.17, 15) is 23.1 Å². The second-order valence-electron chi connectivity index (χ2n) is 11.2. The Hall–Kier alpha value is -2.37. The summed E-state index contributed by atoms with van der Waals surface area (Å²) in [4.78, 5) is 11.6. The molecule has 6 heteroatoms. The smallest absolute Gasteiger partial charge is 0.338 e. The second-order valence-corrected chi connectivity index (χ2v) is 11.2. The number of carbonyl (C=O) groups is 1. The fourth-order valence-corrected chi connectivity index (χ4v) is 6.80. The Bertz CT molecular complexity index is 1060. The highest BCUT2D eigenvalue weighted by atomic mass is 19.2. The number of hydrogen-bond acceptors (Lipinski definition) is 1. The molecule has 2 aromatic carbocycles. The van der Waals surface area contributed by atoms with E-state index in [1.807, 2.05) is 0 Å². The summed E-state index contributed by atoms with van der Waals surface area (Å²) in [6.07, 6.45) is 15.4. The molecule has 0 aromatic heterocycles. The predicted molar refractivity (Wildman–Crippen MR) is 138 cm³/mol. The van der Waals surface area contributed by atoms with Gasteiger partial charge in [0.15, 0.2) is 17.5 Å². The highest BCUT2D eigenvalue weighted by molar-refractivity contribution is 5.90. The molecular formula is C31H38F4O2. The number of hydrogen-bond donors (Lipinski definition) is 1. The fourth-order valence-electron chi connectivity index (χ4n) is 6.80. The number of carboxylic acids is 1. The van der Waals surface area contributed by atoms with Crippen molar-refractivity contribution in [1.29, 1.82) is 0 Å². The average Bonchev–Trinajstić information content (AvgIpc) is 2.89. The molecule has 0 bridgehead atoms. The monoisotopic (exact) mass is 518 g/mol. The molecule has 2 nitrogen and oxygen atoms in total. The maximum atomic E-state index is 15.4. The first-order valence-electron chi connectivity index (χ1n) is 14.0. The minimum atomic E-state index is -1.63. The van der Waals surface area contributed by atoms with Crippen LogP contribution in [0.25, 0.3) is 11.1 Å². The van der Waals surface area contributed by atoms with E-state index in [2.05, 4.69) is 6.92 Å². The van der Waals surface area contributed by atoms with Gasteiger partial charge in [-0.1, -0.05) is 57.9 Å². The molecule has 0 spiro atoms. The third-order valence-electron chi connectivity index (χ3n) is 8.91. The molecule has 2 aliphatic carbocycles. The van der Waals surface area contributed by atoms with E-state index in [-0.39, 0.29) is 17.0 Å². The molecule has 0 amide bonds. The van der Waals surface area contributed by atoms with Crippen LogP contribution in [-0.2, 0) is 0 Å². The Balaban J connectivity index is 1.45. The maximum Gasteiger partial charge on any atom is 0.338 e. The van der Waals surface area contributed by atoms with E-state index in [1.165, 1.54) is 63.9 Å². The predicted octanol–water partition coefficient (Wildman–Crippen LogP) is 9.66. The number of unbranched alkanes of at least 4 members (excludes halogenated alkanes) is 3. The summed E-state index contributed by atoms with van der Waals surface area (Å²) in [6, 6.07) is 4.28. The number of halogens is 4. The molecular weight excluding hydrogens is 480 g/mol. The minimum Gasteiger partial charge on any atom is -0.478 e. The van der Waals surface area contributed by atoms with Crippen LogP contribution in [0, 0.1) is 41.0 Å². The van der Waals surface area contributed by atoms with Gasteiger partial charge >= 0.3 is 5.97 Å². The molecule has 0 atom stereocenters. The lowest BCUT2D eigenvalue weighted by Gasteiger charge is -2.38. The van der Waals surface area contributed by atoms with Crippen molar-refractivity contribution in [3.8, 4) is 11.1 Å². The summed E-state index contributed by atoms with van der Waals surface area (Å²) in [6.45, 7) is 2.24. The number of carboxylic acid groups (broad SMARTS) is 1. The zero-order chi connectivity index (χ0) is 26.5. The highest BCUT2D eigenvalue weighted by Crippen LogP contribution is 2.47. The van der Waals surface area contributed by atoms with Gasteiger partial charge in [0.1, 0.15) is 5.82 Å². The van der Waals surface area contributed by atoms with Gasteiger partial charge in [0, 0.05) is 5.56 Å². The Labute approximate surface area is 217 Å². The van der Waals surface area contributed by atoms with Crippen LogP contribution in [0.2, 0.25) is 0 Å². The molecule has 37 heavy (non-hydrogen) atoms. The van der Waals surface area contributed by atoms with E-state index in [0.29, 0.717) is 11.5 Å². The third-order valence-corrected chi connectivity index (χ3v) is 8.91. The van der Waals surface area contributed by atoms with E-state index in [4.69, 9.17) is 0 Å². The summed E-state index contributed by atoms with van der Waals surface area (Å²) in [7, 11) is 0. The maximum absolute atomic E-state index is 15.4. The summed E-state index contributed by atoms with van der Waals surface area (Å²) in [5.74, 6) is -4.81. The van der Waals surface area contributed by atoms with Gasteiger partial charge in [0.2, 0.25) is 0 Å². The van der Waals surface area contributed by atoms with E-state index < -0.39 is 34.8 Å². The molecule has 4 rings (SSSR count). The second kappa shape index (κ2) is 12.4. The van der Waals surface area contributed by atoms with Crippen LogP contribution in [0.4, 0.5) is 17.6 Å². The van der Waals surface area contributed by atoms with Crippen molar-refractivity contribution >= 4 is 5.97 Å². The Morgan fingerprint density at radius 1 is 0.811 bits per heavy atom. The number of rotatable bonds is 9. The summed E-state index contributed by atoms with van der Waals surface area (Å²) in [5, 5.41) is 9.41. The molecule has 0 aliphatic heterocycles. The quantitative estimate of drug-likeness (QED) is 0.204. The molecule has 2 saturated carbocycles. The normalized spacial score (nSPS) is 24.2. The Morgan fingerprint density at radius 3 is 1.97 bits per heavy atom. The summed E-state index contributed by atoms with van der Waals surface area (Å²) < 4.78 is 57.0. The first kappa shape index (κ1) is 27.7. The average molecular weight is 519 g/mol. The fraction of sp³-hybridized carbons (Fsp3) is 0.581. The standard InChI is InChI=1S/C31H38F4O2/c1-2-3-4-5-6-19-7-9-20(10-8-19)21-11-13-22(14-12-21)24-15-16-25(31(36)37)29(34)28(24)23-17-26(32)30(35)27(33)18-23/h15-22H,2-14H2,1H3,(H,36,37)/t19-,20-,21?,22?. The molecule has 2 aliphatic rings. The highest BCUT2D eigenvalue weighted by Gasteiger charge is 2.33. The lowest BCUT2D eigenvalue weighted by atomic mass is 9.67. The van der Waals surface area contributed by atoms with Crippen LogP contribution in [-0.4, -0.2) is 11.1 Å². The number of benzene rings is 2. The topological polar surface area (TPSA) is 37.3 Å².